The topological polar surface area (TPSA) is 38.9 Å². The number of rotatable bonds is 3. The van der Waals surface area contributed by atoms with E-state index in [1.807, 2.05) is 48.2 Å². The third kappa shape index (κ3) is 3.08. The van der Waals surface area contributed by atoms with Crippen LogP contribution in [0.3, 0.4) is 0 Å². The first kappa shape index (κ1) is 17.6. The van der Waals surface area contributed by atoms with Gasteiger partial charge in [-0.15, -0.1) is 0 Å². The van der Waals surface area contributed by atoms with E-state index in [-0.39, 0.29) is 5.91 Å². The molecule has 0 saturated carbocycles. The number of fused-ring (bicyclic) bond motifs is 1. The SMILES string of the molecule is COc1ccc2c(c1)c(C(=O)N1CC[NH+](C)CC1)c(C)n2-c1ccccc1. The summed E-state index contributed by atoms with van der Waals surface area (Å²) >= 11 is 0. The third-order valence-electron chi connectivity index (χ3n) is 5.54. The van der Waals surface area contributed by atoms with Gasteiger partial charge >= 0.3 is 0 Å². The molecule has 0 atom stereocenters. The van der Waals surface area contributed by atoms with E-state index in [4.69, 9.17) is 4.74 Å². The molecule has 0 bridgehead atoms. The molecule has 1 N–H and O–H groups in total. The van der Waals surface area contributed by atoms with Gasteiger partial charge in [-0.2, -0.15) is 0 Å². The van der Waals surface area contributed by atoms with Crippen molar-refractivity contribution in [1.29, 1.82) is 0 Å². The molecule has 1 amide bonds. The van der Waals surface area contributed by atoms with Crippen LogP contribution in [0.5, 0.6) is 5.75 Å². The molecule has 2 aromatic carbocycles. The van der Waals surface area contributed by atoms with Crippen LogP contribution in [0.4, 0.5) is 0 Å². The van der Waals surface area contributed by atoms with Crippen molar-refractivity contribution < 1.29 is 14.4 Å². The highest BCUT2D eigenvalue weighted by Gasteiger charge is 2.28. The summed E-state index contributed by atoms with van der Waals surface area (Å²) in [6, 6.07) is 16.2. The van der Waals surface area contributed by atoms with Gasteiger partial charge in [0.2, 0.25) is 0 Å². The standard InChI is InChI=1S/C22H25N3O2/c1-16-21(22(26)24-13-11-23(2)12-14-24)19-15-18(27-3)9-10-20(19)25(16)17-7-5-4-6-8-17/h4-10,15H,11-14H2,1-3H3/p+1. The summed E-state index contributed by atoms with van der Waals surface area (Å²) in [5, 5.41) is 0.951. The summed E-state index contributed by atoms with van der Waals surface area (Å²) in [6.45, 7) is 5.61. The van der Waals surface area contributed by atoms with E-state index in [9.17, 15) is 4.79 Å². The van der Waals surface area contributed by atoms with Crippen LogP contribution < -0.4 is 9.64 Å². The van der Waals surface area contributed by atoms with Gasteiger partial charge < -0.3 is 19.1 Å². The fourth-order valence-electron chi connectivity index (χ4n) is 3.95. The molecule has 1 aromatic heterocycles. The lowest BCUT2D eigenvalue weighted by Gasteiger charge is -2.30. The normalized spacial score (nSPS) is 15.3. The van der Waals surface area contributed by atoms with Crippen LogP contribution in [0.2, 0.25) is 0 Å². The predicted molar refractivity (Wildman–Crippen MR) is 107 cm³/mol. The Morgan fingerprint density at radius 3 is 2.44 bits per heavy atom. The van der Waals surface area contributed by atoms with Crippen molar-refractivity contribution in [2.24, 2.45) is 0 Å². The maximum atomic E-state index is 13.4. The van der Waals surface area contributed by atoms with Gasteiger partial charge in [-0.1, -0.05) is 18.2 Å². The summed E-state index contributed by atoms with van der Waals surface area (Å²) in [5.41, 5.74) is 3.85. The maximum Gasteiger partial charge on any atom is 0.256 e. The average molecular weight is 364 g/mol. The average Bonchev–Trinajstić information content (AvgIpc) is 2.99. The fourth-order valence-corrected chi connectivity index (χ4v) is 3.95. The van der Waals surface area contributed by atoms with Crippen LogP contribution in [-0.2, 0) is 0 Å². The lowest BCUT2D eigenvalue weighted by Crippen LogP contribution is -3.12. The molecule has 27 heavy (non-hydrogen) atoms. The van der Waals surface area contributed by atoms with Crippen molar-refractivity contribution in [2.75, 3.05) is 40.3 Å². The number of benzene rings is 2. The zero-order valence-electron chi connectivity index (χ0n) is 16.2. The highest BCUT2D eigenvalue weighted by atomic mass is 16.5. The highest BCUT2D eigenvalue weighted by molar-refractivity contribution is 6.09. The Labute approximate surface area is 159 Å². The number of amides is 1. The largest absolute Gasteiger partial charge is 0.497 e. The van der Waals surface area contributed by atoms with Crippen LogP contribution in [0.15, 0.2) is 48.5 Å². The smallest absolute Gasteiger partial charge is 0.256 e. The second-order valence-corrected chi connectivity index (χ2v) is 7.26. The first-order valence-electron chi connectivity index (χ1n) is 9.45. The molecular weight excluding hydrogens is 338 g/mol. The minimum Gasteiger partial charge on any atom is -0.497 e. The van der Waals surface area contributed by atoms with Crippen LogP contribution in [0.1, 0.15) is 16.1 Å². The molecule has 1 aliphatic rings. The van der Waals surface area contributed by atoms with E-state index < -0.39 is 0 Å². The van der Waals surface area contributed by atoms with Gasteiger partial charge in [-0.25, -0.2) is 0 Å². The summed E-state index contributed by atoms with van der Waals surface area (Å²) in [4.78, 5) is 16.9. The number of hydrogen-bond donors (Lipinski definition) is 1. The lowest BCUT2D eigenvalue weighted by molar-refractivity contribution is -0.883. The second kappa shape index (κ2) is 7.08. The zero-order valence-corrected chi connectivity index (χ0v) is 16.2. The number of likely N-dealkylation sites (N-methyl/N-ethyl adjacent to an activating group) is 1. The summed E-state index contributed by atoms with van der Waals surface area (Å²) in [5.74, 6) is 0.887. The highest BCUT2D eigenvalue weighted by Crippen LogP contribution is 2.32. The van der Waals surface area contributed by atoms with Gasteiger partial charge in [0.05, 0.1) is 51.4 Å². The molecule has 4 rings (SSSR count). The molecule has 2 heterocycles. The quantitative estimate of drug-likeness (QED) is 0.771. The van der Waals surface area contributed by atoms with Crippen molar-refractivity contribution in [2.45, 2.75) is 6.92 Å². The number of carbonyl (C=O) groups excluding carboxylic acids is 1. The number of hydrogen-bond acceptors (Lipinski definition) is 2. The molecule has 0 radical (unpaired) electrons. The zero-order chi connectivity index (χ0) is 19.0. The Morgan fingerprint density at radius 1 is 1.07 bits per heavy atom. The number of aromatic nitrogens is 1. The second-order valence-electron chi connectivity index (χ2n) is 7.26. The van der Waals surface area contributed by atoms with Crippen molar-refractivity contribution in [3.63, 3.8) is 0 Å². The van der Waals surface area contributed by atoms with Gasteiger partial charge in [0.25, 0.3) is 5.91 Å². The van der Waals surface area contributed by atoms with Gasteiger partial charge in [0, 0.05) is 16.8 Å². The third-order valence-corrected chi connectivity index (χ3v) is 5.54. The van der Waals surface area contributed by atoms with Gasteiger partial charge in [-0.3, -0.25) is 4.79 Å². The number of methoxy groups -OCH3 is 1. The number of nitrogens with one attached hydrogen (secondary N) is 1. The Bertz CT molecular complexity index is 970. The van der Waals surface area contributed by atoms with Crippen molar-refractivity contribution in [1.82, 2.24) is 9.47 Å². The van der Waals surface area contributed by atoms with Gasteiger partial charge in [-0.05, 0) is 37.3 Å². The van der Waals surface area contributed by atoms with E-state index in [2.05, 4.69) is 23.7 Å². The molecule has 0 spiro atoms. The first-order chi connectivity index (χ1) is 13.1. The first-order valence-corrected chi connectivity index (χ1v) is 9.45. The van der Waals surface area contributed by atoms with Crippen LogP contribution in [0.25, 0.3) is 16.6 Å². The number of ether oxygens (including phenoxy) is 1. The van der Waals surface area contributed by atoms with E-state index in [0.29, 0.717) is 0 Å². The lowest BCUT2D eigenvalue weighted by atomic mass is 10.1. The Morgan fingerprint density at radius 2 is 1.78 bits per heavy atom. The molecule has 3 aromatic rings. The van der Waals surface area contributed by atoms with Crippen LogP contribution in [0, 0.1) is 6.92 Å². The number of carbonyl (C=O) groups is 1. The Hall–Kier alpha value is -2.79. The number of piperazine rings is 1. The molecule has 5 nitrogen and oxygen atoms in total. The monoisotopic (exact) mass is 364 g/mol. The number of para-hydroxylation sites is 1. The molecule has 5 heteroatoms. The maximum absolute atomic E-state index is 13.4. The van der Waals surface area contributed by atoms with Gasteiger partial charge in [0.1, 0.15) is 5.75 Å². The van der Waals surface area contributed by atoms with Crippen molar-refractivity contribution in [3.8, 4) is 11.4 Å². The number of quaternary nitrogens is 1. The fraction of sp³-hybridized carbons (Fsp3) is 0.318. The van der Waals surface area contributed by atoms with Crippen molar-refractivity contribution in [3.05, 3.63) is 59.8 Å². The van der Waals surface area contributed by atoms with E-state index >= 15 is 0 Å². The summed E-state index contributed by atoms with van der Waals surface area (Å²) in [7, 11) is 3.84. The predicted octanol–water partition coefficient (Wildman–Crippen LogP) is 1.92. The minimum atomic E-state index is 0.118. The summed E-state index contributed by atoms with van der Waals surface area (Å²) in [6.07, 6.45) is 0. The molecule has 140 valence electrons. The molecule has 1 aliphatic heterocycles. The Kier molecular flexibility index (Phi) is 4.62. The van der Waals surface area contributed by atoms with Crippen LogP contribution >= 0.6 is 0 Å². The van der Waals surface area contributed by atoms with E-state index in [0.717, 1.165) is 59.8 Å². The molecule has 1 fully saturated rings. The Balaban J connectivity index is 1.89. The summed E-state index contributed by atoms with van der Waals surface area (Å²) < 4.78 is 7.60. The molecule has 1 saturated heterocycles. The van der Waals surface area contributed by atoms with E-state index in [1.165, 1.54) is 4.90 Å². The molecule has 0 unspecified atom stereocenters. The van der Waals surface area contributed by atoms with Gasteiger partial charge in [0.15, 0.2) is 0 Å². The molecular formula is C22H26N3O2+. The minimum absolute atomic E-state index is 0.118. The van der Waals surface area contributed by atoms with Crippen molar-refractivity contribution >= 4 is 16.8 Å². The van der Waals surface area contributed by atoms with E-state index in [1.54, 1.807) is 7.11 Å². The molecule has 0 aliphatic carbocycles. The number of nitrogens with zero attached hydrogens (tertiary/aromatic N) is 2. The van der Waals surface area contributed by atoms with Crippen LogP contribution in [-0.4, -0.2) is 55.7 Å².